The Hall–Kier alpha value is -1.50. The van der Waals surface area contributed by atoms with Crippen LogP contribution in [-0.2, 0) is 6.42 Å². The normalized spacial score (nSPS) is 16.5. The minimum absolute atomic E-state index is 0. The minimum Gasteiger partial charge on any atom is -0.396 e. The summed E-state index contributed by atoms with van der Waals surface area (Å²) in [5, 5.41) is 12.8. The van der Waals surface area contributed by atoms with E-state index in [2.05, 4.69) is 41.6 Å². The van der Waals surface area contributed by atoms with Gasteiger partial charge in [-0.05, 0) is 56.6 Å². The van der Waals surface area contributed by atoms with Crippen LogP contribution in [0.25, 0.3) is 0 Å². The Morgan fingerprint density at radius 2 is 2.11 bits per heavy atom. The monoisotopic (exact) mass is 422 g/mol. The summed E-state index contributed by atoms with van der Waals surface area (Å²) in [7, 11) is 0. The molecule has 1 fully saturated rings. The van der Waals surface area contributed by atoms with E-state index >= 15 is 0 Å². The van der Waals surface area contributed by atoms with Gasteiger partial charge in [-0.25, -0.2) is 4.98 Å². The summed E-state index contributed by atoms with van der Waals surface area (Å²) < 4.78 is 0. The first-order chi connectivity index (χ1) is 13.2. The fraction of sp³-hybridized carbons (Fsp3) is 0.524. The van der Waals surface area contributed by atoms with Crippen LogP contribution in [0.5, 0.6) is 0 Å². The zero-order valence-electron chi connectivity index (χ0n) is 16.7. The third kappa shape index (κ3) is 6.00. The fourth-order valence-corrected chi connectivity index (χ4v) is 4.11. The van der Waals surface area contributed by atoms with Crippen molar-refractivity contribution in [3.05, 3.63) is 36.0 Å². The van der Waals surface area contributed by atoms with E-state index in [9.17, 15) is 5.11 Å². The van der Waals surface area contributed by atoms with Crippen molar-refractivity contribution in [2.45, 2.75) is 56.4 Å². The predicted octanol–water partition coefficient (Wildman–Crippen LogP) is 5.06. The summed E-state index contributed by atoms with van der Waals surface area (Å²) in [6.45, 7) is 3.39. The van der Waals surface area contributed by atoms with Crippen molar-refractivity contribution < 1.29 is 5.11 Å². The van der Waals surface area contributed by atoms with E-state index in [0.717, 1.165) is 49.4 Å². The highest BCUT2D eigenvalue weighted by atomic mass is 35.5. The van der Waals surface area contributed by atoms with Gasteiger partial charge in [-0.2, -0.15) is 4.98 Å². The third-order valence-corrected chi connectivity index (χ3v) is 5.71. The maximum atomic E-state index is 9.45. The molecule has 0 radical (unpaired) electrons. The smallest absolute Gasteiger partial charge is 0.229 e. The molecule has 7 heteroatoms. The summed E-state index contributed by atoms with van der Waals surface area (Å²) >= 11 is 1.72. The largest absolute Gasteiger partial charge is 0.396 e. The molecule has 1 unspecified atom stereocenters. The molecule has 0 amide bonds. The van der Waals surface area contributed by atoms with Crippen molar-refractivity contribution in [1.29, 1.82) is 0 Å². The van der Waals surface area contributed by atoms with Gasteiger partial charge in [0.2, 0.25) is 5.95 Å². The third-order valence-electron chi connectivity index (χ3n) is 4.98. The molecule has 0 bridgehead atoms. The highest BCUT2D eigenvalue weighted by Gasteiger charge is 2.24. The number of halogens is 1. The Labute approximate surface area is 178 Å². The van der Waals surface area contributed by atoms with Gasteiger partial charge in [-0.1, -0.05) is 19.4 Å². The summed E-state index contributed by atoms with van der Waals surface area (Å²) in [6.07, 6.45) is 8.38. The molecule has 1 aromatic heterocycles. The number of rotatable bonds is 8. The van der Waals surface area contributed by atoms with E-state index in [1.54, 1.807) is 11.8 Å². The van der Waals surface area contributed by atoms with Gasteiger partial charge in [0.15, 0.2) is 0 Å². The van der Waals surface area contributed by atoms with E-state index < -0.39 is 0 Å². The number of thioether (sulfide) groups is 1. The molecule has 1 aliphatic rings. The van der Waals surface area contributed by atoms with Gasteiger partial charge in [0.05, 0.1) is 0 Å². The molecule has 2 aromatic rings. The van der Waals surface area contributed by atoms with Gasteiger partial charge in [-0.15, -0.1) is 24.2 Å². The number of anilines is 3. The van der Waals surface area contributed by atoms with Crippen LogP contribution in [0.4, 0.5) is 17.5 Å². The Bertz CT molecular complexity index is 744. The number of hydrogen-bond acceptors (Lipinski definition) is 6. The van der Waals surface area contributed by atoms with E-state index in [0.29, 0.717) is 12.0 Å². The van der Waals surface area contributed by atoms with Gasteiger partial charge in [0, 0.05) is 41.5 Å². The zero-order valence-corrected chi connectivity index (χ0v) is 18.4. The van der Waals surface area contributed by atoms with Crippen LogP contribution < -0.4 is 10.2 Å². The summed E-state index contributed by atoms with van der Waals surface area (Å²) in [5.74, 6) is 1.64. The molecule has 1 saturated heterocycles. The van der Waals surface area contributed by atoms with Crippen molar-refractivity contribution in [3.8, 4) is 0 Å². The minimum atomic E-state index is 0. The number of aliphatic hydroxyl groups excluding tert-OH is 1. The number of nitrogens with zero attached hydrogens (tertiary/aromatic N) is 3. The molecule has 5 nitrogen and oxygen atoms in total. The highest BCUT2D eigenvalue weighted by molar-refractivity contribution is 7.98. The van der Waals surface area contributed by atoms with E-state index in [1.807, 2.05) is 12.1 Å². The molecular weight excluding hydrogens is 392 g/mol. The molecule has 1 aliphatic heterocycles. The molecule has 154 valence electrons. The molecule has 3 rings (SSSR count). The van der Waals surface area contributed by atoms with Crippen molar-refractivity contribution in [2.24, 2.45) is 0 Å². The molecule has 0 aliphatic carbocycles. The molecule has 2 N–H and O–H groups in total. The molecule has 28 heavy (non-hydrogen) atoms. The van der Waals surface area contributed by atoms with Crippen LogP contribution in [0.1, 0.15) is 44.7 Å². The van der Waals surface area contributed by atoms with Crippen molar-refractivity contribution in [3.63, 3.8) is 0 Å². The van der Waals surface area contributed by atoms with Crippen molar-refractivity contribution >= 4 is 41.6 Å². The molecule has 2 heterocycles. The lowest BCUT2D eigenvalue weighted by Gasteiger charge is -2.36. The highest BCUT2D eigenvalue weighted by Crippen LogP contribution is 2.28. The Kier molecular flexibility index (Phi) is 9.35. The summed E-state index contributed by atoms with van der Waals surface area (Å²) in [6, 6.07) is 10.8. The summed E-state index contributed by atoms with van der Waals surface area (Å²) in [4.78, 5) is 13.1. The topological polar surface area (TPSA) is 61.3 Å². The number of hydrogen-bond donors (Lipinski definition) is 2. The van der Waals surface area contributed by atoms with E-state index in [1.165, 1.54) is 17.7 Å². The number of piperidine rings is 1. The number of benzene rings is 1. The van der Waals surface area contributed by atoms with Gasteiger partial charge in [-0.3, -0.25) is 0 Å². The first-order valence-electron chi connectivity index (χ1n) is 9.90. The standard InChI is InChI=1S/C21H30N4OS.ClH/c1-3-7-16-15-20(25-12-5-4-9-18(25)11-13-26)24-21(22-16)23-17-8-6-10-19(14-17)27-2;/h6,8,10,14-15,18,26H,3-5,7,9,11-13H2,1-2H3,(H,22,23,24);1H. The van der Waals surface area contributed by atoms with Crippen molar-refractivity contribution in [1.82, 2.24) is 9.97 Å². The second-order valence-corrected chi connectivity index (χ2v) is 7.88. The lowest BCUT2D eigenvalue weighted by atomic mass is 9.99. The Balaban J connectivity index is 0.00000280. The Morgan fingerprint density at radius 3 is 2.86 bits per heavy atom. The Morgan fingerprint density at radius 1 is 1.25 bits per heavy atom. The van der Waals surface area contributed by atoms with Crippen LogP contribution in [0.15, 0.2) is 35.2 Å². The quantitative estimate of drug-likeness (QED) is 0.580. The van der Waals surface area contributed by atoms with Crippen molar-refractivity contribution in [2.75, 3.05) is 29.6 Å². The van der Waals surface area contributed by atoms with Gasteiger partial charge >= 0.3 is 0 Å². The van der Waals surface area contributed by atoms with Gasteiger partial charge in [0.25, 0.3) is 0 Å². The average Bonchev–Trinajstić information content (AvgIpc) is 2.69. The van der Waals surface area contributed by atoms with E-state index in [4.69, 9.17) is 9.97 Å². The van der Waals surface area contributed by atoms with Crippen LogP contribution >= 0.6 is 24.2 Å². The molecule has 0 saturated carbocycles. The number of aromatic nitrogens is 2. The summed E-state index contributed by atoms with van der Waals surface area (Å²) in [5.41, 5.74) is 2.08. The first kappa shape index (κ1) is 22.8. The van der Waals surface area contributed by atoms with Crippen LogP contribution in [-0.4, -0.2) is 40.5 Å². The average molecular weight is 423 g/mol. The zero-order chi connectivity index (χ0) is 19.1. The van der Waals surface area contributed by atoms with E-state index in [-0.39, 0.29) is 19.0 Å². The molecule has 0 spiro atoms. The first-order valence-corrected chi connectivity index (χ1v) is 11.1. The molecule has 1 aromatic carbocycles. The number of aliphatic hydroxyl groups is 1. The molecular formula is C21H31ClN4OS. The van der Waals surface area contributed by atoms with Gasteiger partial charge < -0.3 is 15.3 Å². The van der Waals surface area contributed by atoms with Crippen LogP contribution in [0.3, 0.4) is 0 Å². The SMILES string of the molecule is CCCc1cc(N2CCCCC2CCO)nc(Nc2cccc(SC)c2)n1.Cl. The second-order valence-electron chi connectivity index (χ2n) is 7.00. The lowest BCUT2D eigenvalue weighted by molar-refractivity contribution is 0.262. The molecule has 1 atom stereocenters. The number of aryl methyl sites for hydroxylation is 1. The lowest BCUT2D eigenvalue weighted by Crippen LogP contribution is -2.40. The maximum absolute atomic E-state index is 9.45. The van der Waals surface area contributed by atoms with Crippen LogP contribution in [0, 0.1) is 0 Å². The number of nitrogens with one attached hydrogen (secondary N) is 1. The van der Waals surface area contributed by atoms with Gasteiger partial charge in [0.1, 0.15) is 5.82 Å². The fourth-order valence-electron chi connectivity index (χ4n) is 3.65. The van der Waals surface area contributed by atoms with Crippen LogP contribution in [0.2, 0.25) is 0 Å². The second kappa shape index (κ2) is 11.5. The maximum Gasteiger partial charge on any atom is 0.229 e. The predicted molar refractivity (Wildman–Crippen MR) is 121 cm³/mol.